The predicted octanol–water partition coefficient (Wildman–Crippen LogP) is 0.938. The monoisotopic (exact) mass is 276 g/mol. The predicted molar refractivity (Wildman–Crippen MR) is 74.4 cm³/mol. The number of aromatic nitrogens is 2. The largest absolute Gasteiger partial charge is 0.494 e. The van der Waals surface area contributed by atoms with E-state index in [-0.39, 0.29) is 24.6 Å². The highest BCUT2D eigenvalue weighted by atomic mass is 16.5. The standard InChI is InChI=1S/C14H16N2O4/c1-9-4-3-5-11(8-9)20-7-6-16-13(18)10(2)12(17)15-14(16)19/h3-5,8,18H,6-7H2,1-2H3,(H,15,17,19). The smallest absolute Gasteiger partial charge is 0.331 e. The molecule has 20 heavy (non-hydrogen) atoms. The maximum atomic E-state index is 11.6. The molecule has 2 rings (SSSR count). The van der Waals surface area contributed by atoms with Crippen molar-refractivity contribution in [3.05, 3.63) is 56.2 Å². The lowest BCUT2D eigenvalue weighted by atomic mass is 10.2. The molecule has 6 nitrogen and oxygen atoms in total. The highest BCUT2D eigenvalue weighted by Crippen LogP contribution is 2.13. The molecule has 0 atom stereocenters. The van der Waals surface area contributed by atoms with Crippen LogP contribution in [-0.4, -0.2) is 21.3 Å². The Balaban J connectivity index is 2.11. The van der Waals surface area contributed by atoms with E-state index in [0.717, 1.165) is 10.1 Å². The fraction of sp³-hybridized carbons (Fsp3) is 0.286. The molecule has 1 heterocycles. The van der Waals surface area contributed by atoms with Crippen LogP contribution in [0.5, 0.6) is 11.6 Å². The van der Waals surface area contributed by atoms with Crippen LogP contribution in [0.3, 0.4) is 0 Å². The summed E-state index contributed by atoms with van der Waals surface area (Å²) in [5.41, 5.74) is -0.0446. The Hall–Kier alpha value is -2.50. The second kappa shape index (κ2) is 5.64. The zero-order valence-corrected chi connectivity index (χ0v) is 11.3. The summed E-state index contributed by atoms with van der Waals surface area (Å²) in [5, 5.41) is 9.79. The third-order valence-corrected chi connectivity index (χ3v) is 2.97. The van der Waals surface area contributed by atoms with Crippen molar-refractivity contribution in [1.82, 2.24) is 9.55 Å². The molecule has 0 fully saturated rings. The topological polar surface area (TPSA) is 84.3 Å². The minimum atomic E-state index is -0.647. The second-order valence-electron chi connectivity index (χ2n) is 4.52. The molecule has 0 unspecified atom stereocenters. The van der Waals surface area contributed by atoms with Gasteiger partial charge < -0.3 is 9.84 Å². The third-order valence-electron chi connectivity index (χ3n) is 2.97. The first-order valence-corrected chi connectivity index (χ1v) is 6.21. The van der Waals surface area contributed by atoms with Crippen LogP contribution in [0.15, 0.2) is 33.9 Å². The summed E-state index contributed by atoms with van der Waals surface area (Å²) in [6.07, 6.45) is 0. The van der Waals surface area contributed by atoms with Gasteiger partial charge in [0.05, 0.1) is 12.1 Å². The lowest BCUT2D eigenvalue weighted by molar-refractivity contribution is 0.281. The van der Waals surface area contributed by atoms with Gasteiger partial charge in [-0.2, -0.15) is 0 Å². The molecule has 2 aromatic rings. The first-order valence-electron chi connectivity index (χ1n) is 6.21. The number of aromatic hydroxyl groups is 1. The van der Waals surface area contributed by atoms with Crippen LogP contribution >= 0.6 is 0 Å². The Morgan fingerprint density at radius 1 is 1.30 bits per heavy atom. The van der Waals surface area contributed by atoms with Crippen LogP contribution in [0, 0.1) is 13.8 Å². The van der Waals surface area contributed by atoms with Gasteiger partial charge in [-0.3, -0.25) is 14.3 Å². The zero-order chi connectivity index (χ0) is 14.7. The molecule has 6 heteroatoms. The van der Waals surface area contributed by atoms with E-state index >= 15 is 0 Å². The molecule has 106 valence electrons. The summed E-state index contributed by atoms with van der Waals surface area (Å²) >= 11 is 0. The maximum absolute atomic E-state index is 11.6. The van der Waals surface area contributed by atoms with Crippen molar-refractivity contribution >= 4 is 0 Å². The molecule has 1 aromatic carbocycles. The van der Waals surface area contributed by atoms with Crippen LogP contribution in [0.25, 0.3) is 0 Å². The number of benzene rings is 1. The van der Waals surface area contributed by atoms with Gasteiger partial charge in [-0.15, -0.1) is 0 Å². The molecule has 0 aliphatic carbocycles. The molecule has 2 N–H and O–H groups in total. The van der Waals surface area contributed by atoms with Gasteiger partial charge in [0.2, 0.25) is 5.88 Å². The Labute approximate surface area is 115 Å². The van der Waals surface area contributed by atoms with Gasteiger partial charge in [0.1, 0.15) is 12.4 Å². The number of ether oxygens (including phenoxy) is 1. The molecule has 0 saturated heterocycles. The number of aromatic amines is 1. The van der Waals surface area contributed by atoms with Crippen molar-refractivity contribution in [2.75, 3.05) is 6.61 Å². The molecule has 0 saturated carbocycles. The summed E-state index contributed by atoms with van der Waals surface area (Å²) in [5.74, 6) is 0.366. The molecular formula is C14H16N2O4. The van der Waals surface area contributed by atoms with Gasteiger partial charge in [-0.25, -0.2) is 4.79 Å². The normalized spacial score (nSPS) is 10.5. The molecule has 0 radical (unpaired) electrons. The number of nitrogens with one attached hydrogen (secondary N) is 1. The van der Waals surface area contributed by atoms with Crippen molar-refractivity contribution < 1.29 is 9.84 Å². The number of nitrogens with zero attached hydrogens (tertiary/aromatic N) is 1. The van der Waals surface area contributed by atoms with E-state index in [1.807, 2.05) is 31.2 Å². The van der Waals surface area contributed by atoms with Crippen molar-refractivity contribution in [1.29, 1.82) is 0 Å². The second-order valence-corrected chi connectivity index (χ2v) is 4.52. The quantitative estimate of drug-likeness (QED) is 0.870. The van der Waals surface area contributed by atoms with E-state index < -0.39 is 11.2 Å². The average Bonchev–Trinajstić information content (AvgIpc) is 2.40. The lowest BCUT2D eigenvalue weighted by Gasteiger charge is -2.11. The van der Waals surface area contributed by atoms with Crippen LogP contribution in [0.4, 0.5) is 0 Å². The Morgan fingerprint density at radius 2 is 2.05 bits per heavy atom. The van der Waals surface area contributed by atoms with Gasteiger partial charge in [-0.1, -0.05) is 12.1 Å². The van der Waals surface area contributed by atoms with Crippen molar-refractivity contribution in [3.63, 3.8) is 0 Å². The Morgan fingerprint density at radius 3 is 2.75 bits per heavy atom. The summed E-state index contributed by atoms with van der Waals surface area (Å²) < 4.78 is 6.58. The van der Waals surface area contributed by atoms with Crippen molar-refractivity contribution in [2.24, 2.45) is 0 Å². The van der Waals surface area contributed by atoms with Crippen LogP contribution in [-0.2, 0) is 6.54 Å². The van der Waals surface area contributed by atoms with Gasteiger partial charge in [-0.05, 0) is 31.5 Å². The molecule has 0 aliphatic rings. The first-order chi connectivity index (χ1) is 9.49. The minimum absolute atomic E-state index is 0.111. The van der Waals surface area contributed by atoms with Crippen molar-refractivity contribution in [2.45, 2.75) is 20.4 Å². The lowest BCUT2D eigenvalue weighted by Crippen LogP contribution is -2.32. The SMILES string of the molecule is Cc1cccc(OCCn2c(O)c(C)c(=O)[nH]c2=O)c1. The maximum Gasteiger partial charge on any atom is 0.331 e. The van der Waals surface area contributed by atoms with Gasteiger partial charge >= 0.3 is 5.69 Å². The van der Waals surface area contributed by atoms with Gasteiger partial charge in [0, 0.05) is 0 Å². The van der Waals surface area contributed by atoms with Crippen LogP contribution < -0.4 is 16.0 Å². The Bertz CT molecular complexity index is 731. The number of rotatable bonds is 4. The van der Waals surface area contributed by atoms with Crippen LogP contribution in [0.2, 0.25) is 0 Å². The van der Waals surface area contributed by atoms with E-state index in [2.05, 4.69) is 4.98 Å². The zero-order valence-electron chi connectivity index (χ0n) is 11.3. The number of hydrogen-bond acceptors (Lipinski definition) is 4. The summed E-state index contributed by atoms with van der Waals surface area (Å²) in [7, 11) is 0. The first kappa shape index (κ1) is 13.9. The molecule has 1 aromatic heterocycles. The fourth-order valence-electron chi connectivity index (χ4n) is 1.83. The van der Waals surface area contributed by atoms with E-state index in [9.17, 15) is 14.7 Å². The molecule has 0 amide bonds. The minimum Gasteiger partial charge on any atom is -0.494 e. The van der Waals surface area contributed by atoms with E-state index in [1.165, 1.54) is 6.92 Å². The highest BCUT2D eigenvalue weighted by Gasteiger charge is 2.09. The fourth-order valence-corrected chi connectivity index (χ4v) is 1.83. The Kier molecular flexibility index (Phi) is 3.93. The summed E-state index contributed by atoms with van der Waals surface area (Å²) in [4.78, 5) is 25.0. The highest BCUT2D eigenvalue weighted by molar-refractivity contribution is 5.27. The average molecular weight is 276 g/mol. The molecule has 0 aliphatic heterocycles. The number of hydrogen-bond donors (Lipinski definition) is 2. The van der Waals surface area contributed by atoms with E-state index in [0.29, 0.717) is 5.75 Å². The summed E-state index contributed by atoms with van der Waals surface area (Å²) in [6, 6.07) is 7.52. The number of aryl methyl sites for hydroxylation is 1. The van der Waals surface area contributed by atoms with E-state index in [1.54, 1.807) is 0 Å². The molecular weight excluding hydrogens is 260 g/mol. The van der Waals surface area contributed by atoms with E-state index in [4.69, 9.17) is 4.74 Å². The van der Waals surface area contributed by atoms with Crippen LogP contribution in [0.1, 0.15) is 11.1 Å². The van der Waals surface area contributed by atoms with Crippen molar-refractivity contribution in [3.8, 4) is 11.6 Å². The summed E-state index contributed by atoms with van der Waals surface area (Å²) in [6.45, 7) is 3.76. The molecule has 0 spiro atoms. The van der Waals surface area contributed by atoms with Gasteiger partial charge in [0.15, 0.2) is 0 Å². The third kappa shape index (κ3) is 2.90. The number of H-pyrrole nitrogens is 1. The molecule has 0 bridgehead atoms. The van der Waals surface area contributed by atoms with Gasteiger partial charge in [0.25, 0.3) is 5.56 Å².